The summed E-state index contributed by atoms with van der Waals surface area (Å²) in [6.45, 7) is 2.97. The van der Waals surface area contributed by atoms with Crippen LogP contribution in [0.2, 0.25) is 0 Å². The molecule has 102 valence electrons. The summed E-state index contributed by atoms with van der Waals surface area (Å²) in [7, 11) is 4.03. The van der Waals surface area contributed by atoms with E-state index in [1.807, 2.05) is 13.1 Å². The number of nitrogens with zero attached hydrogens (tertiary/aromatic N) is 2. The Labute approximate surface area is 126 Å². The Balaban J connectivity index is 2.10. The lowest BCUT2D eigenvalue weighted by Gasteiger charge is -2.16. The van der Waals surface area contributed by atoms with Gasteiger partial charge in [-0.25, -0.2) is 4.98 Å². The van der Waals surface area contributed by atoms with Gasteiger partial charge in [-0.05, 0) is 25.6 Å². The van der Waals surface area contributed by atoms with Gasteiger partial charge in [0.2, 0.25) is 0 Å². The lowest BCUT2D eigenvalue weighted by atomic mass is 10.2. The number of rotatable bonds is 5. The summed E-state index contributed by atoms with van der Waals surface area (Å²) in [5.41, 5.74) is 2.37. The molecule has 0 bridgehead atoms. The highest BCUT2D eigenvalue weighted by atomic mass is 79.9. The first-order valence-electron chi connectivity index (χ1n) is 6.19. The van der Waals surface area contributed by atoms with E-state index in [1.54, 1.807) is 11.3 Å². The fourth-order valence-electron chi connectivity index (χ4n) is 1.75. The lowest BCUT2D eigenvalue weighted by molar-refractivity contribution is 0.636. The summed E-state index contributed by atoms with van der Waals surface area (Å²) in [5, 5.41) is 6.38. The zero-order valence-corrected chi connectivity index (χ0v) is 13.8. The van der Waals surface area contributed by atoms with Crippen LogP contribution in [-0.2, 0) is 6.54 Å². The van der Waals surface area contributed by atoms with Crippen LogP contribution >= 0.6 is 27.3 Å². The molecule has 0 aliphatic rings. The Morgan fingerprint density at radius 3 is 2.84 bits per heavy atom. The van der Waals surface area contributed by atoms with Gasteiger partial charge in [0.15, 0.2) is 5.13 Å². The van der Waals surface area contributed by atoms with E-state index in [2.05, 4.69) is 68.7 Å². The first-order chi connectivity index (χ1) is 9.11. The molecule has 1 atom stereocenters. The number of hydrogen-bond acceptors (Lipinski definition) is 4. The Kier molecular flexibility index (Phi) is 4.96. The van der Waals surface area contributed by atoms with E-state index in [0.29, 0.717) is 6.04 Å². The molecule has 2 rings (SSSR count). The number of anilines is 1. The van der Waals surface area contributed by atoms with Crippen molar-refractivity contribution in [2.75, 3.05) is 19.0 Å². The van der Waals surface area contributed by atoms with E-state index in [1.165, 1.54) is 5.56 Å². The quantitative estimate of drug-likeness (QED) is 0.897. The normalized spacial score (nSPS) is 12.4. The summed E-state index contributed by atoms with van der Waals surface area (Å²) in [4.78, 5) is 6.85. The Morgan fingerprint density at radius 1 is 1.42 bits per heavy atom. The van der Waals surface area contributed by atoms with Crippen molar-refractivity contribution in [3.63, 3.8) is 0 Å². The van der Waals surface area contributed by atoms with Gasteiger partial charge >= 0.3 is 0 Å². The number of nitrogens with one attached hydrogen (secondary N) is 1. The van der Waals surface area contributed by atoms with Gasteiger partial charge in [0, 0.05) is 29.5 Å². The van der Waals surface area contributed by atoms with Gasteiger partial charge in [0.1, 0.15) is 0 Å². The maximum absolute atomic E-state index is 4.67. The van der Waals surface area contributed by atoms with Gasteiger partial charge < -0.3 is 10.2 Å². The molecule has 1 heterocycles. The molecule has 0 aliphatic carbocycles. The molecule has 1 aromatic heterocycles. The fourth-order valence-corrected chi connectivity index (χ4v) is 3.04. The Bertz CT molecular complexity index is 541. The second-order valence-corrected chi connectivity index (χ2v) is 6.20. The van der Waals surface area contributed by atoms with Crippen molar-refractivity contribution in [1.29, 1.82) is 0 Å². The molecule has 1 unspecified atom stereocenters. The third-order valence-corrected chi connectivity index (χ3v) is 4.83. The van der Waals surface area contributed by atoms with E-state index >= 15 is 0 Å². The first kappa shape index (κ1) is 14.5. The Hall–Kier alpha value is -0.910. The number of halogens is 1. The van der Waals surface area contributed by atoms with Crippen LogP contribution in [0.1, 0.15) is 24.2 Å². The minimum absolute atomic E-state index is 0.293. The van der Waals surface area contributed by atoms with Crippen LogP contribution in [0.25, 0.3) is 0 Å². The summed E-state index contributed by atoms with van der Waals surface area (Å²) in [6, 6.07) is 8.58. The molecule has 0 saturated carbocycles. The largest absolute Gasteiger partial charge is 0.347 e. The van der Waals surface area contributed by atoms with Crippen LogP contribution in [0.4, 0.5) is 5.13 Å². The van der Waals surface area contributed by atoms with E-state index in [9.17, 15) is 0 Å². The molecule has 3 nitrogen and oxygen atoms in total. The smallest absolute Gasteiger partial charge is 0.185 e. The van der Waals surface area contributed by atoms with Crippen molar-refractivity contribution in [2.45, 2.75) is 19.5 Å². The standard InChI is InChI=1S/C14H18BrN3S/c1-10(16-2)13-9-19-14(17-13)18(3)8-11-6-4-5-7-12(11)15/h4-7,9-10,16H,8H2,1-3H3. The van der Waals surface area contributed by atoms with Crippen LogP contribution in [0.15, 0.2) is 34.1 Å². The molecule has 0 saturated heterocycles. The summed E-state index contributed by atoms with van der Waals surface area (Å²) < 4.78 is 1.14. The van der Waals surface area contributed by atoms with Crippen LogP contribution < -0.4 is 10.2 Å². The molecule has 0 spiro atoms. The molecule has 0 fully saturated rings. The second kappa shape index (κ2) is 6.50. The molecule has 1 aromatic carbocycles. The number of hydrogen-bond donors (Lipinski definition) is 1. The lowest BCUT2D eigenvalue weighted by Crippen LogP contribution is -2.17. The van der Waals surface area contributed by atoms with Crippen molar-refractivity contribution in [2.24, 2.45) is 0 Å². The molecule has 1 N–H and O–H groups in total. The summed E-state index contributed by atoms with van der Waals surface area (Å²) in [6.07, 6.45) is 0. The van der Waals surface area contributed by atoms with Crippen LogP contribution in [0.3, 0.4) is 0 Å². The minimum atomic E-state index is 0.293. The van der Waals surface area contributed by atoms with Crippen LogP contribution in [0.5, 0.6) is 0 Å². The number of thiazole rings is 1. The van der Waals surface area contributed by atoms with Gasteiger partial charge in [-0.3, -0.25) is 0 Å². The SMILES string of the molecule is CNC(C)c1csc(N(C)Cc2ccccc2Br)n1. The van der Waals surface area contributed by atoms with Crippen molar-refractivity contribution >= 4 is 32.4 Å². The van der Waals surface area contributed by atoms with Gasteiger partial charge in [-0.1, -0.05) is 34.1 Å². The Morgan fingerprint density at radius 2 is 2.16 bits per heavy atom. The molecular formula is C14H18BrN3S. The highest BCUT2D eigenvalue weighted by molar-refractivity contribution is 9.10. The topological polar surface area (TPSA) is 28.2 Å². The van der Waals surface area contributed by atoms with E-state index < -0.39 is 0 Å². The first-order valence-corrected chi connectivity index (χ1v) is 7.86. The van der Waals surface area contributed by atoms with E-state index in [0.717, 1.165) is 21.8 Å². The zero-order valence-electron chi connectivity index (χ0n) is 11.4. The predicted octanol–water partition coefficient (Wildman–Crippen LogP) is 3.82. The molecule has 2 aromatic rings. The third-order valence-electron chi connectivity index (χ3n) is 3.08. The zero-order chi connectivity index (χ0) is 13.8. The number of aromatic nitrogens is 1. The highest BCUT2D eigenvalue weighted by Gasteiger charge is 2.12. The fraction of sp³-hybridized carbons (Fsp3) is 0.357. The van der Waals surface area contributed by atoms with Crippen molar-refractivity contribution in [3.8, 4) is 0 Å². The molecular weight excluding hydrogens is 322 g/mol. The average Bonchev–Trinajstić information content (AvgIpc) is 2.90. The van der Waals surface area contributed by atoms with Gasteiger partial charge in [-0.2, -0.15) is 0 Å². The van der Waals surface area contributed by atoms with Crippen molar-refractivity contribution in [1.82, 2.24) is 10.3 Å². The molecule has 0 radical (unpaired) electrons. The predicted molar refractivity (Wildman–Crippen MR) is 85.8 cm³/mol. The third kappa shape index (κ3) is 3.55. The van der Waals surface area contributed by atoms with E-state index in [-0.39, 0.29) is 0 Å². The molecule has 0 aliphatic heterocycles. The monoisotopic (exact) mass is 339 g/mol. The molecule has 5 heteroatoms. The van der Waals surface area contributed by atoms with Gasteiger partial charge in [0.25, 0.3) is 0 Å². The van der Waals surface area contributed by atoms with Crippen LogP contribution in [0, 0.1) is 0 Å². The van der Waals surface area contributed by atoms with Crippen LogP contribution in [-0.4, -0.2) is 19.1 Å². The highest BCUT2D eigenvalue weighted by Crippen LogP contribution is 2.25. The van der Waals surface area contributed by atoms with Crippen molar-refractivity contribution in [3.05, 3.63) is 45.4 Å². The average molecular weight is 340 g/mol. The molecule has 0 amide bonds. The number of benzene rings is 1. The summed E-state index contributed by atoms with van der Waals surface area (Å²) in [5.74, 6) is 0. The maximum Gasteiger partial charge on any atom is 0.185 e. The summed E-state index contributed by atoms with van der Waals surface area (Å²) >= 11 is 5.27. The van der Waals surface area contributed by atoms with Crippen molar-refractivity contribution < 1.29 is 0 Å². The molecule has 19 heavy (non-hydrogen) atoms. The minimum Gasteiger partial charge on any atom is -0.347 e. The second-order valence-electron chi connectivity index (χ2n) is 4.51. The van der Waals surface area contributed by atoms with Gasteiger partial charge in [-0.15, -0.1) is 11.3 Å². The van der Waals surface area contributed by atoms with E-state index in [4.69, 9.17) is 0 Å². The van der Waals surface area contributed by atoms with Gasteiger partial charge in [0.05, 0.1) is 5.69 Å². The maximum atomic E-state index is 4.67.